The largest absolute Gasteiger partial charge is 0.395 e. The molecular weight excluding hydrogens is 328 g/mol. The van der Waals surface area contributed by atoms with Crippen molar-refractivity contribution in [2.24, 2.45) is 0 Å². The maximum absolute atomic E-state index is 12.4. The molecule has 0 aromatic heterocycles. The molecule has 0 spiro atoms. The molecule has 24 heavy (non-hydrogen) atoms. The molecule has 126 valence electrons. The second-order valence-corrected chi connectivity index (χ2v) is 5.67. The topological polar surface area (TPSA) is 78.4 Å². The zero-order valence-electron chi connectivity index (χ0n) is 13.0. The predicted molar refractivity (Wildman–Crippen MR) is 92.9 cm³/mol. The van der Waals surface area contributed by atoms with Crippen LogP contribution in [0.1, 0.15) is 15.9 Å². The Morgan fingerprint density at radius 3 is 2.33 bits per heavy atom. The summed E-state index contributed by atoms with van der Waals surface area (Å²) in [6, 6.07) is 15.1. The van der Waals surface area contributed by atoms with Crippen molar-refractivity contribution in [1.82, 2.24) is 10.6 Å². The molecule has 0 radical (unpaired) electrons. The van der Waals surface area contributed by atoms with E-state index in [0.717, 1.165) is 5.56 Å². The van der Waals surface area contributed by atoms with Gasteiger partial charge in [-0.3, -0.25) is 9.59 Å². The van der Waals surface area contributed by atoms with Crippen molar-refractivity contribution in [3.63, 3.8) is 0 Å². The van der Waals surface area contributed by atoms with Crippen LogP contribution in [0.4, 0.5) is 0 Å². The summed E-state index contributed by atoms with van der Waals surface area (Å²) in [4.78, 5) is 24.6. The molecule has 2 aromatic carbocycles. The normalized spacial score (nSPS) is 11.6. The highest BCUT2D eigenvalue weighted by Crippen LogP contribution is 2.10. The molecule has 6 heteroatoms. The summed E-state index contributed by atoms with van der Waals surface area (Å²) in [7, 11) is 0. The first-order valence-electron chi connectivity index (χ1n) is 7.59. The van der Waals surface area contributed by atoms with E-state index in [1.54, 1.807) is 24.3 Å². The maximum Gasteiger partial charge on any atom is 0.251 e. The molecule has 2 amide bonds. The summed E-state index contributed by atoms with van der Waals surface area (Å²) in [6.45, 7) is -0.0180. The van der Waals surface area contributed by atoms with E-state index in [-0.39, 0.29) is 25.0 Å². The van der Waals surface area contributed by atoms with E-state index in [2.05, 4.69) is 10.6 Å². The molecule has 0 fully saturated rings. The Morgan fingerprint density at radius 1 is 1.04 bits per heavy atom. The molecule has 2 aromatic rings. The van der Waals surface area contributed by atoms with Gasteiger partial charge in [0.2, 0.25) is 5.91 Å². The molecule has 1 atom stereocenters. The number of halogens is 1. The minimum absolute atomic E-state index is 0.140. The van der Waals surface area contributed by atoms with E-state index < -0.39 is 6.04 Å². The summed E-state index contributed by atoms with van der Waals surface area (Å²) in [5.74, 6) is -0.693. The molecule has 0 heterocycles. The highest BCUT2D eigenvalue weighted by molar-refractivity contribution is 6.30. The van der Waals surface area contributed by atoms with E-state index in [0.29, 0.717) is 17.0 Å². The highest BCUT2D eigenvalue weighted by Gasteiger charge is 2.21. The van der Waals surface area contributed by atoms with Crippen LogP contribution in [0.15, 0.2) is 54.6 Å². The van der Waals surface area contributed by atoms with E-state index in [1.807, 2.05) is 30.3 Å². The molecule has 1 unspecified atom stereocenters. The van der Waals surface area contributed by atoms with Crippen LogP contribution in [0.5, 0.6) is 0 Å². The van der Waals surface area contributed by atoms with Gasteiger partial charge < -0.3 is 15.7 Å². The van der Waals surface area contributed by atoms with Gasteiger partial charge in [-0.1, -0.05) is 41.9 Å². The molecule has 0 aliphatic rings. The van der Waals surface area contributed by atoms with Gasteiger partial charge in [-0.05, 0) is 29.8 Å². The third kappa shape index (κ3) is 5.37. The fraction of sp³-hybridized carbons (Fsp3) is 0.222. The van der Waals surface area contributed by atoms with Crippen LogP contribution >= 0.6 is 11.6 Å². The zero-order valence-corrected chi connectivity index (χ0v) is 13.8. The summed E-state index contributed by atoms with van der Waals surface area (Å²) in [5.41, 5.74) is 1.35. The van der Waals surface area contributed by atoms with Gasteiger partial charge in [0, 0.05) is 23.6 Å². The molecule has 3 N–H and O–H groups in total. The molecule has 0 aliphatic carbocycles. The number of hydrogen-bond acceptors (Lipinski definition) is 3. The van der Waals surface area contributed by atoms with Crippen LogP contribution in [-0.4, -0.2) is 36.1 Å². The zero-order chi connectivity index (χ0) is 17.4. The van der Waals surface area contributed by atoms with Crippen LogP contribution in [0, 0.1) is 0 Å². The predicted octanol–water partition coefficient (Wildman–Crippen LogP) is 1.79. The van der Waals surface area contributed by atoms with Gasteiger partial charge in [-0.15, -0.1) is 0 Å². The van der Waals surface area contributed by atoms with Crippen LogP contribution in [0.2, 0.25) is 5.02 Å². The average Bonchev–Trinajstić information content (AvgIpc) is 2.60. The summed E-state index contributed by atoms with van der Waals surface area (Å²) < 4.78 is 0. The third-order valence-electron chi connectivity index (χ3n) is 3.42. The van der Waals surface area contributed by atoms with Crippen LogP contribution in [0.25, 0.3) is 0 Å². The standard InChI is InChI=1S/C18H19ClN2O3/c19-15-8-6-14(7-9-15)17(23)21-16(18(24)20-10-11-22)12-13-4-2-1-3-5-13/h1-9,16,22H,10-12H2,(H,20,24)(H,21,23). The van der Waals surface area contributed by atoms with Crippen LogP contribution in [0.3, 0.4) is 0 Å². The van der Waals surface area contributed by atoms with Gasteiger partial charge in [0.15, 0.2) is 0 Å². The van der Waals surface area contributed by atoms with Gasteiger partial charge in [0.05, 0.1) is 6.61 Å². The molecule has 2 rings (SSSR count). The number of carbonyl (C=O) groups excluding carboxylic acids is 2. The van der Waals surface area contributed by atoms with Gasteiger partial charge in [-0.25, -0.2) is 0 Å². The lowest BCUT2D eigenvalue weighted by Gasteiger charge is -2.18. The quantitative estimate of drug-likeness (QED) is 0.715. The minimum atomic E-state index is -0.734. The molecule has 5 nitrogen and oxygen atoms in total. The first-order chi connectivity index (χ1) is 11.6. The van der Waals surface area contributed by atoms with E-state index >= 15 is 0 Å². The lowest BCUT2D eigenvalue weighted by Crippen LogP contribution is -2.48. The first-order valence-corrected chi connectivity index (χ1v) is 7.97. The van der Waals surface area contributed by atoms with Crippen LogP contribution < -0.4 is 10.6 Å². The van der Waals surface area contributed by atoms with Crippen molar-refractivity contribution >= 4 is 23.4 Å². The maximum atomic E-state index is 12.4. The Hall–Kier alpha value is -2.37. The third-order valence-corrected chi connectivity index (χ3v) is 3.67. The van der Waals surface area contributed by atoms with Crippen molar-refractivity contribution in [3.8, 4) is 0 Å². The smallest absolute Gasteiger partial charge is 0.251 e. The molecule has 0 aliphatic heterocycles. The van der Waals surface area contributed by atoms with Gasteiger partial charge in [0.25, 0.3) is 5.91 Å². The number of hydrogen-bond donors (Lipinski definition) is 3. The number of aliphatic hydroxyl groups excluding tert-OH is 1. The van der Waals surface area contributed by atoms with Crippen LogP contribution in [-0.2, 0) is 11.2 Å². The van der Waals surface area contributed by atoms with Gasteiger partial charge in [0.1, 0.15) is 6.04 Å². The number of amides is 2. The summed E-state index contributed by atoms with van der Waals surface area (Å²) >= 11 is 5.82. The Balaban J connectivity index is 2.10. The Labute approximate surface area is 145 Å². The average molecular weight is 347 g/mol. The Morgan fingerprint density at radius 2 is 1.71 bits per heavy atom. The highest BCUT2D eigenvalue weighted by atomic mass is 35.5. The fourth-order valence-corrected chi connectivity index (χ4v) is 2.33. The number of benzene rings is 2. The molecule has 0 bridgehead atoms. The van der Waals surface area contributed by atoms with E-state index in [4.69, 9.17) is 16.7 Å². The monoisotopic (exact) mass is 346 g/mol. The van der Waals surface area contributed by atoms with Crippen molar-refractivity contribution in [2.75, 3.05) is 13.2 Å². The number of nitrogens with one attached hydrogen (secondary N) is 2. The van der Waals surface area contributed by atoms with E-state index in [1.165, 1.54) is 0 Å². The second-order valence-electron chi connectivity index (χ2n) is 5.24. The van der Waals surface area contributed by atoms with Crippen molar-refractivity contribution in [3.05, 3.63) is 70.7 Å². The number of aliphatic hydroxyl groups is 1. The van der Waals surface area contributed by atoms with Gasteiger partial charge >= 0.3 is 0 Å². The minimum Gasteiger partial charge on any atom is -0.395 e. The van der Waals surface area contributed by atoms with Crippen molar-refractivity contribution < 1.29 is 14.7 Å². The summed E-state index contributed by atoms with van der Waals surface area (Å²) in [6.07, 6.45) is 0.359. The lowest BCUT2D eigenvalue weighted by atomic mass is 10.0. The lowest BCUT2D eigenvalue weighted by molar-refractivity contribution is -0.123. The fourth-order valence-electron chi connectivity index (χ4n) is 2.20. The molecular formula is C18H19ClN2O3. The van der Waals surface area contributed by atoms with Gasteiger partial charge in [-0.2, -0.15) is 0 Å². The Kier molecular flexibility index (Phi) is 6.78. The van der Waals surface area contributed by atoms with Crippen molar-refractivity contribution in [1.29, 1.82) is 0 Å². The summed E-state index contributed by atoms with van der Waals surface area (Å²) in [5, 5.41) is 14.7. The molecule has 0 saturated heterocycles. The number of rotatable bonds is 7. The second kappa shape index (κ2) is 9.05. The SMILES string of the molecule is O=C(NC(Cc1ccccc1)C(=O)NCCO)c1ccc(Cl)cc1. The van der Waals surface area contributed by atoms with E-state index in [9.17, 15) is 9.59 Å². The van der Waals surface area contributed by atoms with Crippen molar-refractivity contribution in [2.45, 2.75) is 12.5 Å². The Bertz CT molecular complexity index is 674. The number of carbonyl (C=O) groups is 2. The molecule has 0 saturated carbocycles. The first kappa shape index (κ1) is 18.0.